The second kappa shape index (κ2) is 8.05. The number of rotatable bonds is 6. The zero-order chi connectivity index (χ0) is 17.5. The zero-order valence-corrected chi connectivity index (χ0v) is 13.9. The molecule has 0 aliphatic rings. The van der Waals surface area contributed by atoms with Gasteiger partial charge in [0.15, 0.2) is 0 Å². The molecule has 0 spiro atoms. The van der Waals surface area contributed by atoms with Gasteiger partial charge in [-0.2, -0.15) is 0 Å². The maximum atomic E-state index is 12.0. The SMILES string of the molecule is CCOC(=O)c1ccccc1Nc1cnc(C(=O)NC(C)C)cn1. The largest absolute Gasteiger partial charge is 0.462 e. The molecule has 0 unspecified atom stereocenters. The van der Waals surface area contributed by atoms with Crippen LogP contribution in [0.3, 0.4) is 0 Å². The van der Waals surface area contributed by atoms with Crippen LogP contribution in [-0.2, 0) is 4.74 Å². The van der Waals surface area contributed by atoms with Gasteiger partial charge in [-0.25, -0.2) is 14.8 Å². The summed E-state index contributed by atoms with van der Waals surface area (Å²) in [5.41, 5.74) is 1.19. The molecule has 0 atom stereocenters. The van der Waals surface area contributed by atoms with Gasteiger partial charge in [0.1, 0.15) is 11.5 Å². The molecule has 24 heavy (non-hydrogen) atoms. The highest BCUT2D eigenvalue weighted by Crippen LogP contribution is 2.20. The van der Waals surface area contributed by atoms with Crippen molar-refractivity contribution in [1.82, 2.24) is 15.3 Å². The molecule has 0 saturated carbocycles. The average molecular weight is 328 g/mol. The minimum absolute atomic E-state index is 0.0218. The van der Waals surface area contributed by atoms with Gasteiger partial charge in [-0.05, 0) is 32.9 Å². The number of anilines is 2. The van der Waals surface area contributed by atoms with Gasteiger partial charge >= 0.3 is 5.97 Å². The van der Waals surface area contributed by atoms with Crippen LogP contribution in [0.5, 0.6) is 0 Å². The molecule has 0 aliphatic carbocycles. The summed E-state index contributed by atoms with van der Waals surface area (Å²) in [5, 5.41) is 5.76. The fraction of sp³-hybridized carbons (Fsp3) is 0.294. The quantitative estimate of drug-likeness (QED) is 0.792. The third-order valence-electron chi connectivity index (χ3n) is 2.99. The van der Waals surface area contributed by atoms with E-state index in [4.69, 9.17) is 4.74 Å². The van der Waals surface area contributed by atoms with Crippen LogP contribution in [0.2, 0.25) is 0 Å². The number of nitrogens with zero attached hydrogens (tertiary/aromatic N) is 2. The molecule has 1 aromatic heterocycles. The van der Waals surface area contributed by atoms with Gasteiger partial charge in [-0.15, -0.1) is 0 Å². The fourth-order valence-corrected chi connectivity index (χ4v) is 1.96. The topological polar surface area (TPSA) is 93.2 Å². The van der Waals surface area contributed by atoms with E-state index in [0.717, 1.165) is 0 Å². The summed E-state index contributed by atoms with van der Waals surface area (Å²) in [4.78, 5) is 32.0. The van der Waals surface area contributed by atoms with Crippen molar-refractivity contribution in [3.8, 4) is 0 Å². The average Bonchev–Trinajstić information content (AvgIpc) is 2.55. The van der Waals surface area contributed by atoms with Crippen LogP contribution in [-0.4, -0.2) is 34.5 Å². The van der Waals surface area contributed by atoms with Gasteiger partial charge in [0.05, 0.1) is 30.3 Å². The Morgan fingerprint density at radius 2 is 1.92 bits per heavy atom. The normalized spacial score (nSPS) is 10.3. The smallest absolute Gasteiger partial charge is 0.340 e. The number of aromatic nitrogens is 2. The van der Waals surface area contributed by atoms with Gasteiger partial charge in [0.2, 0.25) is 0 Å². The van der Waals surface area contributed by atoms with E-state index < -0.39 is 5.97 Å². The molecule has 2 N–H and O–H groups in total. The molecule has 2 rings (SSSR count). The monoisotopic (exact) mass is 328 g/mol. The van der Waals surface area contributed by atoms with E-state index in [-0.39, 0.29) is 17.6 Å². The summed E-state index contributed by atoms with van der Waals surface area (Å²) in [5.74, 6) is -0.273. The Morgan fingerprint density at radius 3 is 2.54 bits per heavy atom. The Bertz CT molecular complexity index is 714. The number of esters is 1. The summed E-state index contributed by atoms with van der Waals surface area (Å²) in [6.45, 7) is 5.79. The maximum Gasteiger partial charge on any atom is 0.340 e. The standard InChI is InChI=1S/C17H20N4O3/c1-4-24-17(23)12-7-5-6-8-13(12)21-15-10-18-14(9-19-15)16(22)20-11(2)3/h5-11H,4H2,1-3H3,(H,19,21)(H,20,22). The second-order valence-corrected chi connectivity index (χ2v) is 5.31. The van der Waals surface area contributed by atoms with Crippen molar-refractivity contribution in [2.75, 3.05) is 11.9 Å². The lowest BCUT2D eigenvalue weighted by Gasteiger charge is -2.11. The molecular formula is C17H20N4O3. The molecule has 0 radical (unpaired) electrons. The first-order chi connectivity index (χ1) is 11.5. The van der Waals surface area contributed by atoms with Crippen LogP contribution < -0.4 is 10.6 Å². The minimum Gasteiger partial charge on any atom is -0.462 e. The number of carbonyl (C=O) groups excluding carboxylic acids is 2. The molecule has 0 bridgehead atoms. The molecule has 7 nitrogen and oxygen atoms in total. The summed E-state index contributed by atoms with van der Waals surface area (Å²) in [6, 6.07) is 6.98. The van der Waals surface area contributed by atoms with Crippen LogP contribution in [0.15, 0.2) is 36.7 Å². The number of hydrogen-bond donors (Lipinski definition) is 2. The van der Waals surface area contributed by atoms with Gasteiger partial charge < -0.3 is 15.4 Å². The van der Waals surface area contributed by atoms with Gasteiger partial charge in [0.25, 0.3) is 5.91 Å². The Hall–Kier alpha value is -2.96. The predicted molar refractivity (Wildman–Crippen MR) is 90.3 cm³/mol. The van der Waals surface area contributed by atoms with E-state index in [1.807, 2.05) is 13.8 Å². The highest BCUT2D eigenvalue weighted by molar-refractivity contribution is 5.96. The minimum atomic E-state index is -0.415. The number of amides is 1. The van der Waals surface area contributed by atoms with E-state index in [2.05, 4.69) is 20.6 Å². The molecule has 126 valence electrons. The number of benzene rings is 1. The first kappa shape index (κ1) is 17.4. The number of ether oxygens (including phenoxy) is 1. The van der Waals surface area contributed by atoms with E-state index in [9.17, 15) is 9.59 Å². The highest BCUT2D eigenvalue weighted by Gasteiger charge is 2.13. The van der Waals surface area contributed by atoms with Crippen molar-refractivity contribution in [1.29, 1.82) is 0 Å². The summed E-state index contributed by atoms with van der Waals surface area (Å²) >= 11 is 0. The number of nitrogens with one attached hydrogen (secondary N) is 2. The molecular weight excluding hydrogens is 308 g/mol. The molecule has 1 amide bonds. The molecule has 2 aromatic rings. The van der Waals surface area contributed by atoms with Crippen LogP contribution in [0.25, 0.3) is 0 Å². The molecule has 1 aromatic carbocycles. The molecule has 0 saturated heterocycles. The van der Waals surface area contributed by atoms with Crippen molar-refractivity contribution in [2.45, 2.75) is 26.8 Å². The Morgan fingerprint density at radius 1 is 1.17 bits per heavy atom. The van der Waals surface area contributed by atoms with E-state index in [1.54, 1.807) is 31.2 Å². The summed E-state index contributed by atoms with van der Waals surface area (Å²) < 4.78 is 5.03. The molecule has 1 heterocycles. The summed E-state index contributed by atoms with van der Waals surface area (Å²) in [7, 11) is 0. The van der Waals surface area contributed by atoms with Gasteiger partial charge in [-0.1, -0.05) is 12.1 Å². The van der Waals surface area contributed by atoms with E-state index >= 15 is 0 Å². The lowest BCUT2D eigenvalue weighted by atomic mass is 10.2. The second-order valence-electron chi connectivity index (χ2n) is 5.31. The Kier molecular flexibility index (Phi) is 5.83. The van der Waals surface area contributed by atoms with Crippen molar-refractivity contribution in [3.63, 3.8) is 0 Å². The lowest BCUT2D eigenvalue weighted by molar-refractivity contribution is 0.0527. The van der Waals surface area contributed by atoms with Crippen LogP contribution in [0.1, 0.15) is 41.6 Å². The fourth-order valence-electron chi connectivity index (χ4n) is 1.96. The number of carbonyl (C=O) groups is 2. The molecule has 7 heteroatoms. The third-order valence-corrected chi connectivity index (χ3v) is 2.99. The Labute approximate surface area is 140 Å². The van der Waals surface area contributed by atoms with Crippen molar-refractivity contribution >= 4 is 23.4 Å². The van der Waals surface area contributed by atoms with Crippen LogP contribution >= 0.6 is 0 Å². The van der Waals surface area contributed by atoms with Gasteiger partial charge in [0, 0.05) is 6.04 Å². The van der Waals surface area contributed by atoms with Crippen LogP contribution in [0, 0.1) is 0 Å². The first-order valence-electron chi connectivity index (χ1n) is 7.67. The summed E-state index contributed by atoms with van der Waals surface area (Å²) in [6.07, 6.45) is 2.82. The third kappa shape index (κ3) is 4.52. The first-order valence-corrected chi connectivity index (χ1v) is 7.67. The Balaban J connectivity index is 2.15. The molecule has 0 aliphatic heterocycles. The molecule has 0 fully saturated rings. The lowest BCUT2D eigenvalue weighted by Crippen LogP contribution is -2.30. The van der Waals surface area contributed by atoms with Crippen LogP contribution in [0.4, 0.5) is 11.5 Å². The van der Waals surface area contributed by atoms with Crippen molar-refractivity contribution < 1.29 is 14.3 Å². The maximum absolute atomic E-state index is 12.0. The zero-order valence-electron chi connectivity index (χ0n) is 13.9. The number of hydrogen-bond acceptors (Lipinski definition) is 6. The van der Waals surface area contributed by atoms with Crippen molar-refractivity contribution in [2.24, 2.45) is 0 Å². The van der Waals surface area contributed by atoms with Gasteiger partial charge in [-0.3, -0.25) is 4.79 Å². The van der Waals surface area contributed by atoms with Crippen molar-refractivity contribution in [3.05, 3.63) is 47.9 Å². The highest BCUT2D eigenvalue weighted by atomic mass is 16.5. The van der Waals surface area contributed by atoms with E-state index in [1.165, 1.54) is 12.4 Å². The predicted octanol–water partition coefficient (Wildman–Crippen LogP) is 2.54. The number of para-hydroxylation sites is 1. The van der Waals surface area contributed by atoms with E-state index in [0.29, 0.717) is 23.7 Å².